The van der Waals surface area contributed by atoms with Gasteiger partial charge in [-0.2, -0.15) is 5.26 Å². The molecule has 1 heterocycles. The van der Waals surface area contributed by atoms with E-state index in [1.165, 1.54) is 0 Å². The summed E-state index contributed by atoms with van der Waals surface area (Å²) < 4.78 is 0. The van der Waals surface area contributed by atoms with E-state index in [0.717, 1.165) is 5.56 Å². The molecule has 2 rings (SSSR count). The Hall–Kier alpha value is -2.28. The summed E-state index contributed by atoms with van der Waals surface area (Å²) in [5.74, 6) is 0.0325. The maximum absolute atomic E-state index is 9.74. The van der Waals surface area contributed by atoms with Crippen molar-refractivity contribution in [1.29, 1.82) is 5.26 Å². The van der Waals surface area contributed by atoms with Crippen LogP contribution in [-0.4, -0.2) is 10.9 Å². The third-order valence-corrected chi connectivity index (χ3v) is 2.27. The largest absolute Gasteiger partial charge is 0.508 e. The fourth-order valence-corrected chi connectivity index (χ4v) is 1.51. The zero-order chi connectivity index (χ0) is 10.8. The Kier molecular flexibility index (Phi) is 2.14. The zero-order valence-corrected chi connectivity index (χ0v) is 7.88. The number of rotatable bonds is 1. The monoisotopic (exact) mass is 199 g/mol. The van der Waals surface area contributed by atoms with Crippen molar-refractivity contribution in [2.75, 3.05) is 0 Å². The molecule has 4 heteroatoms. The molecule has 0 aliphatic carbocycles. The van der Waals surface area contributed by atoms with E-state index in [9.17, 15) is 5.11 Å². The van der Waals surface area contributed by atoms with Crippen molar-refractivity contribution in [3.8, 4) is 6.07 Å². The summed E-state index contributed by atoms with van der Waals surface area (Å²) in [4.78, 5) is 4.04. The van der Waals surface area contributed by atoms with E-state index in [-0.39, 0.29) is 17.2 Å². The van der Waals surface area contributed by atoms with E-state index in [4.69, 9.17) is 11.0 Å². The van der Waals surface area contributed by atoms with Gasteiger partial charge in [0.1, 0.15) is 29.3 Å². The summed E-state index contributed by atoms with van der Waals surface area (Å²) in [6.07, 6.45) is 0. The van der Waals surface area contributed by atoms with Gasteiger partial charge in [-0.3, -0.25) is 4.99 Å². The summed E-state index contributed by atoms with van der Waals surface area (Å²) in [7, 11) is 0. The SMILES string of the molecule is N#CC1=C(O)C(c2ccccc2)N=C1N. The maximum atomic E-state index is 9.74. The molecule has 74 valence electrons. The highest BCUT2D eigenvalue weighted by Crippen LogP contribution is 2.31. The molecule has 0 saturated heterocycles. The first kappa shape index (κ1) is 9.28. The number of aliphatic hydroxyl groups excluding tert-OH is 1. The lowest BCUT2D eigenvalue weighted by Crippen LogP contribution is -2.10. The minimum Gasteiger partial charge on any atom is -0.508 e. The molecule has 0 saturated carbocycles. The smallest absolute Gasteiger partial charge is 0.143 e. The van der Waals surface area contributed by atoms with Gasteiger partial charge in [0.25, 0.3) is 0 Å². The molecule has 1 aliphatic heterocycles. The van der Waals surface area contributed by atoms with Gasteiger partial charge < -0.3 is 10.8 Å². The normalized spacial score (nSPS) is 19.9. The minimum absolute atomic E-state index is 0.0683. The van der Waals surface area contributed by atoms with Crippen LogP contribution in [0.4, 0.5) is 0 Å². The van der Waals surface area contributed by atoms with Crippen LogP contribution < -0.4 is 5.73 Å². The first-order valence-electron chi connectivity index (χ1n) is 4.46. The molecule has 1 aromatic carbocycles. The third kappa shape index (κ3) is 1.44. The quantitative estimate of drug-likeness (QED) is 0.717. The number of aliphatic imine (C=N–C) groups is 1. The zero-order valence-electron chi connectivity index (χ0n) is 7.88. The molecule has 3 N–H and O–H groups in total. The van der Waals surface area contributed by atoms with Gasteiger partial charge in [0, 0.05) is 0 Å². The highest BCUT2D eigenvalue weighted by Gasteiger charge is 2.27. The van der Waals surface area contributed by atoms with Gasteiger partial charge in [0.2, 0.25) is 0 Å². The Bertz CT molecular complexity index is 482. The topological polar surface area (TPSA) is 82.4 Å². The highest BCUT2D eigenvalue weighted by molar-refractivity contribution is 6.03. The van der Waals surface area contributed by atoms with Gasteiger partial charge >= 0.3 is 0 Å². The lowest BCUT2D eigenvalue weighted by molar-refractivity contribution is 0.374. The first-order chi connectivity index (χ1) is 7.24. The number of aliphatic hydroxyl groups is 1. The van der Waals surface area contributed by atoms with Crippen molar-refractivity contribution in [2.24, 2.45) is 10.7 Å². The van der Waals surface area contributed by atoms with E-state index in [0.29, 0.717) is 0 Å². The number of hydrogen-bond donors (Lipinski definition) is 2. The van der Waals surface area contributed by atoms with Crippen LogP contribution in [-0.2, 0) is 0 Å². The molecule has 0 radical (unpaired) electrons. The molecular formula is C11H9N3O. The van der Waals surface area contributed by atoms with E-state index in [1.54, 1.807) is 0 Å². The molecule has 0 spiro atoms. The van der Waals surface area contributed by atoms with Gasteiger partial charge in [-0.25, -0.2) is 0 Å². The van der Waals surface area contributed by atoms with Crippen LogP contribution >= 0.6 is 0 Å². The molecule has 1 unspecified atom stereocenters. The standard InChI is InChI=1S/C11H9N3O/c12-6-8-10(15)9(14-11(8)13)7-4-2-1-3-5-7/h1-5,9,15H,(H2,13,14). The Morgan fingerprint density at radius 2 is 2.00 bits per heavy atom. The summed E-state index contributed by atoms with van der Waals surface area (Å²) >= 11 is 0. The van der Waals surface area contributed by atoms with Crippen LogP contribution in [0.25, 0.3) is 0 Å². The maximum Gasteiger partial charge on any atom is 0.143 e. The van der Waals surface area contributed by atoms with E-state index in [2.05, 4.69) is 4.99 Å². The highest BCUT2D eigenvalue weighted by atomic mass is 16.3. The van der Waals surface area contributed by atoms with Crippen LogP contribution in [0.5, 0.6) is 0 Å². The molecule has 4 nitrogen and oxygen atoms in total. The van der Waals surface area contributed by atoms with E-state index in [1.807, 2.05) is 36.4 Å². The lowest BCUT2D eigenvalue weighted by atomic mass is 10.1. The van der Waals surface area contributed by atoms with Crippen LogP contribution in [0.2, 0.25) is 0 Å². The Balaban J connectivity index is 2.45. The fourth-order valence-electron chi connectivity index (χ4n) is 1.51. The number of hydrogen-bond acceptors (Lipinski definition) is 4. The Morgan fingerprint density at radius 1 is 1.33 bits per heavy atom. The second-order valence-electron chi connectivity index (χ2n) is 3.20. The molecule has 0 amide bonds. The average Bonchev–Trinajstić information content (AvgIpc) is 2.55. The molecule has 0 bridgehead atoms. The number of nitrogens with two attached hydrogens (primary N) is 1. The van der Waals surface area contributed by atoms with Crippen molar-refractivity contribution in [1.82, 2.24) is 0 Å². The van der Waals surface area contributed by atoms with Gasteiger partial charge in [0.05, 0.1) is 0 Å². The molecule has 0 fully saturated rings. The predicted molar refractivity (Wildman–Crippen MR) is 56.1 cm³/mol. The summed E-state index contributed by atoms with van der Waals surface area (Å²) in [6, 6.07) is 10.5. The molecular weight excluding hydrogens is 190 g/mol. The van der Waals surface area contributed by atoms with Gasteiger partial charge in [0.15, 0.2) is 0 Å². The van der Waals surface area contributed by atoms with E-state index < -0.39 is 6.04 Å². The van der Waals surface area contributed by atoms with Crippen LogP contribution in [0.3, 0.4) is 0 Å². The fraction of sp³-hybridized carbons (Fsp3) is 0.0909. The second kappa shape index (κ2) is 3.46. The molecule has 1 aromatic rings. The summed E-state index contributed by atoms with van der Waals surface area (Å²) in [5, 5.41) is 18.5. The Labute approximate surface area is 87.0 Å². The molecule has 1 aliphatic rings. The summed E-state index contributed by atoms with van der Waals surface area (Å²) in [6.45, 7) is 0. The van der Waals surface area contributed by atoms with Crippen molar-refractivity contribution < 1.29 is 5.11 Å². The van der Waals surface area contributed by atoms with Crippen LogP contribution in [0.15, 0.2) is 46.7 Å². The molecule has 0 aromatic heterocycles. The van der Waals surface area contributed by atoms with Gasteiger partial charge in [-0.15, -0.1) is 0 Å². The van der Waals surface area contributed by atoms with Crippen molar-refractivity contribution in [3.05, 3.63) is 47.2 Å². The summed E-state index contributed by atoms with van der Waals surface area (Å²) in [5.41, 5.74) is 6.41. The lowest BCUT2D eigenvalue weighted by Gasteiger charge is -2.06. The average molecular weight is 199 g/mol. The van der Waals surface area contributed by atoms with Crippen molar-refractivity contribution in [2.45, 2.75) is 6.04 Å². The number of benzene rings is 1. The van der Waals surface area contributed by atoms with Gasteiger partial charge in [-0.05, 0) is 5.56 Å². The van der Waals surface area contributed by atoms with Crippen LogP contribution in [0, 0.1) is 11.3 Å². The minimum atomic E-state index is -0.527. The van der Waals surface area contributed by atoms with Gasteiger partial charge in [-0.1, -0.05) is 30.3 Å². The second-order valence-corrected chi connectivity index (χ2v) is 3.20. The molecule has 1 atom stereocenters. The predicted octanol–water partition coefficient (Wildman–Crippen LogP) is 1.43. The molecule has 15 heavy (non-hydrogen) atoms. The Morgan fingerprint density at radius 3 is 2.53 bits per heavy atom. The third-order valence-electron chi connectivity index (χ3n) is 2.27. The van der Waals surface area contributed by atoms with Crippen LogP contribution in [0.1, 0.15) is 11.6 Å². The van der Waals surface area contributed by atoms with Crippen molar-refractivity contribution >= 4 is 5.84 Å². The number of nitrogens with zero attached hydrogens (tertiary/aromatic N) is 2. The number of nitriles is 1. The number of amidine groups is 1. The van der Waals surface area contributed by atoms with Crippen molar-refractivity contribution in [3.63, 3.8) is 0 Å². The first-order valence-corrected chi connectivity index (χ1v) is 4.46. The van der Waals surface area contributed by atoms with E-state index >= 15 is 0 Å².